The van der Waals surface area contributed by atoms with Gasteiger partial charge in [0.2, 0.25) is 0 Å². The highest BCUT2D eigenvalue weighted by molar-refractivity contribution is 5.87. The maximum atomic E-state index is 13.7. The van der Waals surface area contributed by atoms with Gasteiger partial charge in [-0.15, -0.1) is 0 Å². The lowest BCUT2D eigenvalue weighted by Gasteiger charge is -2.29. The Bertz CT molecular complexity index is 479. The zero-order valence-corrected chi connectivity index (χ0v) is 11.6. The minimum atomic E-state index is -0.546. The van der Waals surface area contributed by atoms with Gasteiger partial charge in [-0.05, 0) is 36.6 Å². The van der Waals surface area contributed by atoms with E-state index in [1.165, 1.54) is 0 Å². The molecule has 0 amide bonds. The number of halogens is 2. The Kier molecular flexibility index (Phi) is 4.86. The molecule has 0 saturated heterocycles. The Labute approximate surface area is 118 Å². The molecular weight excluding hydrogens is 260 g/mol. The largest absolute Gasteiger partial charge is 0.329 e. The molecule has 1 aromatic carbocycles. The maximum Gasteiger partial charge on any atom is 0.144 e. The molecule has 2 N–H and O–H groups in total. The van der Waals surface area contributed by atoms with Gasteiger partial charge in [0.15, 0.2) is 0 Å². The average Bonchev–Trinajstić information content (AvgIpc) is 2.69. The Morgan fingerprint density at radius 2 is 1.80 bits per heavy atom. The highest BCUT2D eigenvalue weighted by Crippen LogP contribution is 2.36. The van der Waals surface area contributed by atoms with Crippen LogP contribution >= 0.6 is 0 Å². The number of hydrogen-bond donors (Lipinski definition) is 1. The predicted octanol–water partition coefficient (Wildman–Crippen LogP) is 3.38. The highest BCUT2D eigenvalue weighted by Gasteiger charge is 2.36. The Morgan fingerprint density at radius 1 is 1.15 bits per heavy atom. The van der Waals surface area contributed by atoms with E-state index in [4.69, 9.17) is 5.73 Å². The van der Waals surface area contributed by atoms with E-state index < -0.39 is 17.0 Å². The molecule has 2 rings (SSSR count). The van der Waals surface area contributed by atoms with Gasteiger partial charge in [0.25, 0.3) is 0 Å². The quantitative estimate of drug-likeness (QED) is 0.860. The molecular formula is C16H21F2NO. The molecule has 1 saturated carbocycles. The van der Waals surface area contributed by atoms with Crippen LogP contribution in [-0.4, -0.2) is 12.3 Å². The van der Waals surface area contributed by atoms with Crippen molar-refractivity contribution in [1.82, 2.24) is 0 Å². The van der Waals surface area contributed by atoms with Crippen LogP contribution in [-0.2, 0) is 11.2 Å². The lowest BCUT2D eigenvalue weighted by molar-refractivity contribution is -0.128. The van der Waals surface area contributed by atoms with Crippen molar-refractivity contribution in [2.75, 3.05) is 6.54 Å². The summed E-state index contributed by atoms with van der Waals surface area (Å²) < 4.78 is 26.8. The molecule has 1 aliphatic rings. The number of hydrogen-bond acceptors (Lipinski definition) is 2. The Morgan fingerprint density at radius 3 is 2.40 bits per heavy atom. The molecule has 0 atom stereocenters. The van der Waals surface area contributed by atoms with E-state index in [0.717, 1.165) is 56.7 Å². The molecule has 110 valence electrons. The first-order chi connectivity index (χ1) is 9.57. The summed E-state index contributed by atoms with van der Waals surface area (Å²) in [5.74, 6) is -1.09. The van der Waals surface area contributed by atoms with Crippen molar-refractivity contribution in [3.8, 4) is 0 Å². The third-order valence-corrected chi connectivity index (χ3v) is 4.40. The smallest absolute Gasteiger partial charge is 0.144 e. The van der Waals surface area contributed by atoms with Crippen LogP contribution in [0, 0.1) is 17.0 Å². The normalized spacial score (nSPS) is 18.6. The van der Waals surface area contributed by atoms with Crippen molar-refractivity contribution < 1.29 is 13.6 Å². The highest BCUT2D eigenvalue weighted by atomic mass is 19.1. The topological polar surface area (TPSA) is 43.1 Å². The zero-order chi connectivity index (χ0) is 14.6. The molecule has 20 heavy (non-hydrogen) atoms. The summed E-state index contributed by atoms with van der Waals surface area (Å²) in [7, 11) is 0. The Balaban J connectivity index is 2.18. The first kappa shape index (κ1) is 15.1. The lowest BCUT2D eigenvalue weighted by Crippen LogP contribution is -2.39. The average molecular weight is 281 g/mol. The first-order valence-corrected chi connectivity index (χ1v) is 7.25. The minimum Gasteiger partial charge on any atom is -0.329 e. The van der Waals surface area contributed by atoms with Crippen molar-refractivity contribution in [2.24, 2.45) is 11.1 Å². The van der Waals surface area contributed by atoms with Gasteiger partial charge in [-0.3, -0.25) is 4.79 Å². The number of Topliss-reactive ketones (excluding diaryl/α,β-unsaturated/α-hetero) is 1. The summed E-state index contributed by atoms with van der Waals surface area (Å²) >= 11 is 0. The number of benzene rings is 1. The number of rotatable bonds is 4. The molecule has 1 aromatic rings. The van der Waals surface area contributed by atoms with Gasteiger partial charge in [0, 0.05) is 18.4 Å². The van der Waals surface area contributed by atoms with E-state index in [9.17, 15) is 13.6 Å². The van der Waals surface area contributed by atoms with Crippen LogP contribution in [0.4, 0.5) is 8.78 Å². The molecule has 0 radical (unpaired) electrons. The lowest BCUT2D eigenvalue weighted by atomic mass is 9.74. The fraction of sp³-hybridized carbons (Fsp3) is 0.562. The summed E-state index contributed by atoms with van der Waals surface area (Å²) in [6.07, 6.45) is 5.65. The summed E-state index contributed by atoms with van der Waals surface area (Å²) in [5, 5.41) is 0. The van der Waals surface area contributed by atoms with Crippen LogP contribution in [0.1, 0.15) is 44.1 Å². The van der Waals surface area contributed by atoms with Crippen molar-refractivity contribution >= 4 is 5.78 Å². The monoisotopic (exact) mass is 281 g/mol. The van der Waals surface area contributed by atoms with Crippen molar-refractivity contribution in [2.45, 2.75) is 44.9 Å². The molecule has 1 aliphatic carbocycles. The predicted molar refractivity (Wildman–Crippen MR) is 74.3 cm³/mol. The molecule has 0 aliphatic heterocycles. The van der Waals surface area contributed by atoms with Gasteiger partial charge in [0.05, 0.1) is 0 Å². The van der Waals surface area contributed by atoms with E-state index in [1.807, 2.05) is 0 Å². The summed E-state index contributed by atoms with van der Waals surface area (Å²) in [6.45, 7) is 0.294. The zero-order valence-electron chi connectivity index (χ0n) is 11.6. The Hall–Kier alpha value is -1.29. The molecule has 4 heteroatoms. The van der Waals surface area contributed by atoms with E-state index in [1.54, 1.807) is 0 Å². The van der Waals surface area contributed by atoms with Gasteiger partial charge in [-0.1, -0.05) is 25.7 Å². The molecule has 0 heterocycles. The molecule has 0 bridgehead atoms. The fourth-order valence-electron chi connectivity index (χ4n) is 3.04. The molecule has 0 spiro atoms. The fourth-order valence-corrected chi connectivity index (χ4v) is 3.04. The number of carbonyl (C=O) groups is 1. The molecule has 0 unspecified atom stereocenters. The van der Waals surface area contributed by atoms with E-state index in [2.05, 4.69) is 0 Å². The molecule has 2 nitrogen and oxygen atoms in total. The molecule has 0 aromatic heterocycles. The van der Waals surface area contributed by atoms with Gasteiger partial charge in [0.1, 0.15) is 17.4 Å². The van der Waals surface area contributed by atoms with Crippen LogP contribution in [0.25, 0.3) is 0 Å². The van der Waals surface area contributed by atoms with Crippen LogP contribution in [0.3, 0.4) is 0 Å². The van der Waals surface area contributed by atoms with Crippen molar-refractivity contribution in [3.05, 3.63) is 35.4 Å². The number of nitrogens with two attached hydrogens (primary N) is 1. The second-order valence-electron chi connectivity index (χ2n) is 5.73. The van der Waals surface area contributed by atoms with Gasteiger partial charge < -0.3 is 5.73 Å². The second-order valence-corrected chi connectivity index (χ2v) is 5.73. The standard InChI is InChI=1S/C16H21F2NO/c17-13-5-6-14(18)12(9-13)10-15(20)16(11-19)7-3-1-2-4-8-16/h5-6,9H,1-4,7-8,10-11,19H2. The summed E-state index contributed by atoms with van der Waals surface area (Å²) in [6, 6.07) is 3.24. The van der Waals surface area contributed by atoms with E-state index >= 15 is 0 Å². The van der Waals surface area contributed by atoms with Crippen molar-refractivity contribution in [1.29, 1.82) is 0 Å². The van der Waals surface area contributed by atoms with E-state index in [-0.39, 0.29) is 17.8 Å². The van der Waals surface area contributed by atoms with Crippen molar-refractivity contribution in [3.63, 3.8) is 0 Å². The SMILES string of the molecule is NCC1(C(=O)Cc2cc(F)ccc2F)CCCCCC1. The minimum absolute atomic E-state index is 0.0496. The third-order valence-electron chi connectivity index (χ3n) is 4.40. The van der Waals surface area contributed by atoms with Crippen LogP contribution in [0.2, 0.25) is 0 Å². The van der Waals surface area contributed by atoms with Crippen LogP contribution in [0.5, 0.6) is 0 Å². The summed E-state index contributed by atoms with van der Waals surface area (Å²) in [4.78, 5) is 12.6. The third kappa shape index (κ3) is 3.23. The van der Waals surface area contributed by atoms with Gasteiger partial charge >= 0.3 is 0 Å². The number of carbonyl (C=O) groups excluding carboxylic acids is 1. The van der Waals surface area contributed by atoms with Gasteiger partial charge in [-0.25, -0.2) is 8.78 Å². The van der Waals surface area contributed by atoms with E-state index in [0.29, 0.717) is 6.54 Å². The number of ketones is 1. The first-order valence-electron chi connectivity index (χ1n) is 7.25. The van der Waals surface area contributed by atoms with Gasteiger partial charge in [-0.2, -0.15) is 0 Å². The molecule has 1 fully saturated rings. The maximum absolute atomic E-state index is 13.7. The summed E-state index contributed by atoms with van der Waals surface area (Å²) in [5.41, 5.74) is 5.43. The van der Waals surface area contributed by atoms with Crippen LogP contribution in [0.15, 0.2) is 18.2 Å². The second kappa shape index (κ2) is 6.44. The van der Waals surface area contributed by atoms with Crippen LogP contribution < -0.4 is 5.73 Å².